The van der Waals surface area contributed by atoms with Gasteiger partial charge in [-0.25, -0.2) is 0 Å². The monoisotopic (exact) mass is 363 g/mol. The summed E-state index contributed by atoms with van der Waals surface area (Å²) in [7, 11) is 0. The van der Waals surface area contributed by atoms with Crippen molar-refractivity contribution in [2.75, 3.05) is 0 Å². The first-order chi connectivity index (χ1) is 12.0. The highest BCUT2D eigenvalue weighted by Gasteiger charge is 2.49. The first-order valence-corrected chi connectivity index (χ1v) is 8.65. The SMILES string of the molecule is CC[C@@H](C)[C@@](N)(C(=O)NC(C)(C)c1ccccc1)C(=O)[C@H](N)CC(=O)O. The van der Waals surface area contributed by atoms with Gasteiger partial charge in [0.05, 0.1) is 18.0 Å². The molecular weight excluding hydrogens is 334 g/mol. The van der Waals surface area contributed by atoms with Gasteiger partial charge in [0.15, 0.2) is 11.3 Å². The molecule has 0 spiro atoms. The molecule has 3 atom stereocenters. The average Bonchev–Trinajstić information content (AvgIpc) is 2.59. The molecule has 1 amide bonds. The first kappa shape index (κ1) is 21.8. The number of carbonyl (C=O) groups is 3. The van der Waals surface area contributed by atoms with Gasteiger partial charge < -0.3 is 21.9 Å². The van der Waals surface area contributed by atoms with Gasteiger partial charge in [-0.1, -0.05) is 50.6 Å². The van der Waals surface area contributed by atoms with E-state index in [4.69, 9.17) is 16.6 Å². The third-order valence-corrected chi connectivity index (χ3v) is 4.83. The van der Waals surface area contributed by atoms with E-state index in [0.29, 0.717) is 6.42 Å². The Kier molecular flexibility index (Phi) is 7.06. The number of nitrogens with two attached hydrogens (primary N) is 2. The van der Waals surface area contributed by atoms with Gasteiger partial charge in [-0.2, -0.15) is 0 Å². The molecule has 0 fully saturated rings. The summed E-state index contributed by atoms with van der Waals surface area (Å²) >= 11 is 0. The van der Waals surface area contributed by atoms with Crippen LogP contribution in [0.3, 0.4) is 0 Å². The number of carboxylic acids is 1. The molecule has 0 saturated carbocycles. The Bertz CT molecular complexity index is 660. The van der Waals surface area contributed by atoms with E-state index >= 15 is 0 Å². The van der Waals surface area contributed by atoms with Gasteiger partial charge in [-0.3, -0.25) is 14.4 Å². The summed E-state index contributed by atoms with van der Waals surface area (Å²) in [6.07, 6.45) is -0.120. The maximum Gasteiger partial charge on any atom is 0.305 e. The topological polar surface area (TPSA) is 136 Å². The number of benzene rings is 1. The van der Waals surface area contributed by atoms with Crippen molar-refractivity contribution < 1.29 is 19.5 Å². The number of hydrogen-bond donors (Lipinski definition) is 4. The number of Topliss-reactive ketones (excluding diaryl/α,β-unsaturated/α-hetero) is 1. The molecule has 1 aromatic rings. The lowest BCUT2D eigenvalue weighted by Gasteiger charge is -2.37. The van der Waals surface area contributed by atoms with Crippen LogP contribution in [0.5, 0.6) is 0 Å². The highest BCUT2D eigenvalue weighted by Crippen LogP contribution is 2.25. The Balaban J connectivity index is 3.17. The van der Waals surface area contributed by atoms with Gasteiger partial charge in [0, 0.05) is 0 Å². The van der Waals surface area contributed by atoms with Gasteiger partial charge in [-0.05, 0) is 25.3 Å². The summed E-state index contributed by atoms with van der Waals surface area (Å²) in [5.74, 6) is -3.16. The maximum absolute atomic E-state index is 13.0. The van der Waals surface area contributed by atoms with Crippen molar-refractivity contribution in [1.29, 1.82) is 0 Å². The van der Waals surface area contributed by atoms with E-state index in [9.17, 15) is 14.4 Å². The van der Waals surface area contributed by atoms with Crippen molar-refractivity contribution in [2.24, 2.45) is 17.4 Å². The van der Waals surface area contributed by atoms with E-state index in [2.05, 4.69) is 5.32 Å². The third-order valence-electron chi connectivity index (χ3n) is 4.83. The van der Waals surface area contributed by atoms with Crippen LogP contribution in [0.15, 0.2) is 30.3 Å². The van der Waals surface area contributed by atoms with Crippen molar-refractivity contribution in [1.82, 2.24) is 5.32 Å². The van der Waals surface area contributed by atoms with Crippen molar-refractivity contribution in [3.05, 3.63) is 35.9 Å². The minimum Gasteiger partial charge on any atom is -0.481 e. The smallest absolute Gasteiger partial charge is 0.305 e. The summed E-state index contributed by atoms with van der Waals surface area (Å²) in [5.41, 5.74) is 10.2. The molecule has 0 bridgehead atoms. The van der Waals surface area contributed by atoms with Gasteiger partial charge in [0.1, 0.15) is 0 Å². The summed E-state index contributed by atoms with van der Waals surface area (Å²) in [6, 6.07) is 7.93. The molecule has 6 N–H and O–H groups in total. The van der Waals surface area contributed by atoms with Crippen molar-refractivity contribution in [3.8, 4) is 0 Å². The molecular formula is C19H29N3O4. The van der Waals surface area contributed by atoms with E-state index in [0.717, 1.165) is 5.56 Å². The summed E-state index contributed by atoms with van der Waals surface area (Å²) < 4.78 is 0. The van der Waals surface area contributed by atoms with E-state index in [1.54, 1.807) is 27.7 Å². The molecule has 1 rings (SSSR count). The zero-order chi connectivity index (χ0) is 20.1. The number of aliphatic carboxylic acids is 1. The van der Waals surface area contributed by atoms with Crippen LogP contribution in [0, 0.1) is 5.92 Å². The summed E-state index contributed by atoms with van der Waals surface area (Å²) in [6.45, 7) is 7.09. The number of carbonyl (C=O) groups excluding carboxylic acids is 2. The molecule has 0 saturated heterocycles. The molecule has 1 aromatic carbocycles. The summed E-state index contributed by atoms with van der Waals surface area (Å²) in [5, 5.41) is 11.7. The molecule has 144 valence electrons. The lowest BCUT2D eigenvalue weighted by atomic mass is 9.76. The summed E-state index contributed by atoms with van der Waals surface area (Å²) in [4.78, 5) is 36.7. The number of nitrogens with one attached hydrogen (secondary N) is 1. The van der Waals surface area contributed by atoms with E-state index < -0.39 is 47.1 Å². The standard InChI is InChI=1S/C19H29N3O4/c1-5-12(2)19(21,16(25)14(20)11-15(23)24)17(26)22-18(3,4)13-9-7-6-8-10-13/h6-10,12,14H,5,11,20-21H2,1-4H3,(H,22,26)(H,23,24)/t12-,14-,19+/m1/s1. The van der Waals surface area contributed by atoms with E-state index in [-0.39, 0.29) is 0 Å². The Morgan fingerprint density at radius 2 is 1.73 bits per heavy atom. The van der Waals surface area contributed by atoms with Gasteiger partial charge >= 0.3 is 5.97 Å². The molecule has 0 radical (unpaired) electrons. The first-order valence-electron chi connectivity index (χ1n) is 8.65. The van der Waals surface area contributed by atoms with Crippen molar-refractivity contribution in [2.45, 2.75) is 57.7 Å². The Morgan fingerprint density at radius 3 is 2.19 bits per heavy atom. The van der Waals surface area contributed by atoms with Gasteiger partial charge in [0.2, 0.25) is 5.91 Å². The maximum atomic E-state index is 13.0. The van der Waals surface area contributed by atoms with Crippen LogP contribution in [-0.2, 0) is 19.9 Å². The third kappa shape index (κ3) is 4.68. The number of ketones is 1. The van der Waals surface area contributed by atoms with E-state index in [1.807, 2.05) is 30.3 Å². The predicted octanol–water partition coefficient (Wildman–Crippen LogP) is 1.15. The van der Waals surface area contributed by atoms with Crippen LogP contribution in [-0.4, -0.2) is 34.3 Å². The molecule has 0 unspecified atom stereocenters. The largest absolute Gasteiger partial charge is 0.481 e. The molecule has 0 aliphatic rings. The zero-order valence-corrected chi connectivity index (χ0v) is 15.8. The fourth-order valence-electron chi connectivity index (χ4n) is 2.80. The zero-order valence-electron chi connectivity index (χ0n) is 15.8. The van der Waals surface area contributed by atoms with Crippen LogP contribution in [0.4, 0.5) is 0 Å². The fraction of sp³-hybridized carbons (Fsp3) is 0.526. The van der Waals surface area contributed by atoms with Crippen LogP contribution in [0.2, 0.25) is 0 Å². The van der Waals surface area contributed by atoms with Crippen molar-refractivity contribution >= 4 is 17.7 Å². The number of amides is 1. The quantitative estimate of drug-likeness (QED) is 0.486. The second-order valence-corrected chi connectivity index (χ2v) is 7.19. The van der Waals surface area contributed by atoms with Crippen molar-refractivity contribution in [3.63, 3.8) is 0 Å². The predicted molar refractivity (Wildman–Crippen MR) is 99.2 cm³/mol. The highest BCUT2D eigenvalue weighted by atomic mass is 16.4. The van der Waals surface area contributed by atoms with Crippen LogP contribution in [0.25, 0.3) is 0 Å². The van der Waals surface area contributed by atoms with E-state index in [1.165, 1.54) is 0 Å². The molecule has 0 aliphatic carbocycles. The number of rotatable bonds is 9. The Labute approximate surface area is 154 Å². The number of carboxylic acid groups (broad SMARTS) is 1. The van der Waals surface area contributed by atoms with Crippen LogP contribution < -0.4 is 16.8 Å². The molecule has 7 heteroatoms. The molecule has 26 heavy (non-hydrogen) atoms. The van der Waals surface area contributed by atoms with Crippen LogP contribution in [0.1, 0.15) is 46.1 Å². The minimum absolute atomic E-state index is 0.460. The normalized spacial score (nSPS) is 16.2. The van der Waals surface area contributed by atoms with Gasteiger partial charge in [0.25, 0.3) is 0 Å². The molecule has 7 nitrogen and oxygen atoms in total. The lowest BCUT2D eigenvalue weighted by molar-refractivity contribution is -0.144. The second-order valence-electron chi connectivity index (χ2n) is 7.19. The molecule has 0 heterocycles. The highest BCUT2D eigenvalue weighted by molar-refractivity contribution is 6.13. The number of hydrogen-bond acceptors (Lipinski definition) is 5. The van der Waals surface area contributed by atoms with Gasteiger partial charge in [-0.15, -0.1) is 0 Å². The Morgan fingerprint density at radius 1 is 1.19 bits per heavy atom. The molecule has 0 aliphatic heterocycles. The minimum atomic E-state index is -1.91. The molecule has 0 aromatic heterocycles. The lowest BCUT2D eigenvalue weighted by Crippen LogP contribution is -2.68. The average molecular weight is 363 g/mol. The second kappa shape index (κ2) is 8.42. The fourth-order valence-corrected chi connectivity index (χ4v) is 2.80. The Hall–Kier alpha value is -2.25. The van der Waals surface area contributed by atoms with Crippen LogP contribution >= 0.6 is 0 Å².